The third-order valence-corrected chi connectivity index (χ3v) is 6.02. The van der Waals surface area contributed by atoms with Crippen molar-refractivity contribution < 1.29 is 4.79 Å². The van der Waals surface area contributed by atoms with Gasteiger partial charge in [-0.25, -0.2) is 4.98 Å². The minimum absolute atomic E-state index is 0.190. The number of aromatic nitrogens is 1. The van der Waals surface area contributed by atoms with E-state index in [0.717, 1.165) is 24.4 Å². The van der Waals surface area contributed by atoms with Crippen LogP contribution in [0.5, 0.6) is 0 Å². The number of amides is 1. The summed E-state index contributed by atoms with van der Waals surface area (Å²) in [5.74, 6) is 0.190. The van der Waals surface area contributed by atoms with Crippen molar-refractivity contribution in [1.82, 2.24) is 9.88 Å². The Labute approximate surface area is 131 Å². The molecule has 4 heteroatoms. The first-order chi connectivity index (χ1) is 10.3. The predicted molar refractivity (Wildman–Crippen MR) is 86.3 cm³/mol. The van der Waals surface area contributed by atoms with Crippen LogP contribution in [0.4, 0.5) is 0 Å². The molecule has 0 aromatic carbocycles. The molecule has 2 heterocycles. The van der Waals surface area contributed by atoms with Crippen LogP contribution in [0, 0.1) is 0 Å². The molecule has 0 radical (unpaired) electrons. The van der Waals surface area contributed by atoms with Gasteiger partial charge in [0.2, 0.25) is 5.91 Å². The molecule has 1 amide bonds. The Balaban J connectivity index is 1.80. The van der Waals surface area contributed by atoms with Crippen LogP contribution >= 0.6 is 11.8 Å². The van der Waals surface area contributed by atoms with Crippen LogP contribution in [0.2, 0.25) is 0 Å². The summed E-state index contributed by atoms with van der Waals surface area (Å²) in [6.07, 6.45) is 10.8. The van der Waals surface area contributed by atoms with E-state index >= 15 is 0 Å². The van der Waals surface area contributed by atoms with Crippen LogP contribution in [0.15, 0.2) is 23.4 Å². The number of rotatable bonds is 3. The average Bonchev–Trinajstić information content (AvgIpc) is 2.98. The molecule has 1 saturated carbocycles. The number of carbonyl (C=O) groups excluding carboxylic acids is 1. The van der Waals surface area contributed by atoms with Gasteiger partial charge in [-0.1, -0.05) is 25.3 Å². The Morgan fingerprint density at radius 1 is 1.24 bits per heavy atom. The van der Waals surface area contributed by atoms with Crippen LogP contribution in [0.25, 0.3) is 0 Å². The highest BCUT2D eigenvalue weighted by atomic mass is 32.2. The van der Waals surface area contributed by atoms with Crippen LogP contribution in [-0.2, 0) is 4.79 Å². The number of hydrogen-bond acceptors (Lipinski definition) is 3. The summed E-state index contributed by atoms with van der Waals surface area (Å²) < 4.78 is 0. The second-order valence-corrected chi connectivity index (χ2v) is 7.44. The molecule has 21 heavy (non-hydrogen) atoms. The summed E-state index contributed by atoms with van der Waals surface area (Å²) in [5.41, 5.74) is 1.26. The zero-order valence-electron chi connectivity index (χ0n) is 12.8. The molecular formula is C17H24N2OS. The first kappa shape index (κ1) is 14.9. The summed E-state index contributed by atoms with van der Waals surface area (Å²) in [4.78, 5) is 18.5. The van der Waals surface area contributed by atoms with Crippen LogP contribution in [-0.4, -0.2) is 27.6 Å². The third kappa shape index (κ3) is 3.42. The quantitative estimate of drug-likeness (QED) is 0.839. The lowest BCUT2D eigenvalue weighted by Gasteiger charge is -2.27. The van der Waals surface area contributed by atoms with E-state index in [4.69, 9.17) is 0 Å². The van der Waals surface area contributed by atoms with E-state index in [2.05, 4.69) is 11.1 Å². The van der Waals surface area contributed by atoms with Crippen molar-refractivity contribution >= 4 is 17.7 Å². The zero-order valence-corrected chi connectivity index (χ0v) is 13.6. The Morgan fingerprint density at radius 3 is 2.81 bits per heavy atom. The molecule has 1 aromatic rings. The molecule has 1 aliphatic heterocycles. The molecular weight excluding hydrogens is 280 g/mol. The van der Waals surface area contributed by atoms with Crippen molar-refractivity contribution in [3.63, 3.8) is 0 Å². The largest absolute Gasteiger partial charge is 0.336 e. The molecule has 0 N–H and O–H groups in total. The van der Waals surface area contributed by atoms with E-state index < -0.39 is 0 Å². The molecule has 3 rings (SSSR count). The van der Waals surface area contributed by atoms with E-state index in [-0.39, 0.29) is 11.9 Å². The third-order valence-electron chi connectivity index (χ3n) is 4.65. The van der Waals surface area contributed by atoms with Crippen molar-refractivity contribution in [2.75, 3.05) is 6.54 Å². The summed E-state index contributed by atoms with van der Waals surface area (Å²) >= 11 is 1.94. The van der Waals surface area contributed by atoms with Crippen molar-refractivity contribution in [2.24, 2.45) is 0 Å². The summed E-state index contributed by atoms with van der Waals surface area (Å²) in [6.45, 7) is 2.57. The van der Waals surface area contributed by atoms with Gasteiger partial charge in [-0.15, -0.1) is 11.8 Å². The summed E-state index contributed by atoms with van der Waals surface area (Å²) in [6, 6.07) is 4.42. The smallest absolute Gasteiger partial charge is 0.219 e. The lowest BCUT2D eigenvalue weighted by Crippen LogP contribution is -2.28. The molecule has 1 aliphatic carbocycles. The molecule has 1 aromatic heterocycles. The normalized spacial score (nSPS) is 23.5. The van der Waals surface area contributed by atoms with E-state index in [1.807, 2.05) is 28.9 Å². The van der Waals surface area contributed by atoms with E-state index in [1.165, 1.54) is 37.7 Å². The van der Waals surface area contributed by atoms with Gasteiger partial charge < -0.3 is 4.90 Å². The lowest BCUT2D eigenvalue weighted by molar-refractivity contribution is -0.129. The van der Waals surface area contributed by atoms with Crippen molar-refractivity contribution in [1.29, 1.82) is 0 Å². The first-order valence-electron chi connectivity index (χ1n) is 8.14. The molecule has 1 unspecified atom stereocenters. The number of hydrogen-bond donors (Lipinski definition) is 0. The Morgan fingerprint density at radius 2 is 2.05 bits per heavy atom. The molecule has 1 saturated heterocycles. The molecule has 1 atom stereocenters. The van der Waals surface area contributed by atoms with Crippen molar-refractivity contribution in [2.45, 2.75) is 68.2 Å². The highest BCUT2D eigenvalue weighted by Gasteiger charge is 2.30. The standard InChI is InChI=1S/C17H24N2OS/c1-13(20)19-12-6-10-16(19)15-9-5-11-18-17(15)21-14-7-3-2-4-8-14/h5,9,11,14,16H,2-4,6-8,10,12H2,1H3. The van der Waals surface area contributed by atoms with Gasteiger partial charge in [-0.2, -0.15) is 0 Å². The molecule has 114 valence electrons. The highest BCUT2D eigenvalue weighted by molar-refractivity contribution is 7.99. The SMILES string of the molecule is CC(=O)N1CCCC1c1cccnc1SC1CCCCC1. The summed E-state index contributed by atoms with van der Waals surface area (Å²) in [5, 5.41) is 1.86. The van der Waals surface area contributed by atoms with Gasteiger partial charge in [0.25, 0.3) is 0 Å². The van der Waals surface area contributed by atoms with Crippen molar-refractivity contribution in [3.05, 3.63) is 23.9 Å². The average molecular weight is 304 g/mol. The maximum absolute atomic E-state index is 11.8. The molecule has 0 bridgehead atoms. The maximum Gasteiger partial charge on any atom is 0.219 e. The monoisotopic (exact) mass is 304 g/mol. The number of likely N-dealkylation sites (tertiary alicyclic amines) is 1. The van der Waals surface area contributed by atoms with Gasteiger partial charge in [0.15, 0.2) is 0 Å². The fraction of sp³-hybridized carbons (Fsp3) is 0.647. The fourth-order valence-corrected chi connectivity index (χ4v) is 4.91. The molecule has 2 fully saturated rings. The molecule has 3 nitrogen and oxygen atoms in total. The number of carbonyl (C=O) groups is 1. The fourth-order valence-electron chi connectivity index (χ4n) is 3.56. The number of nitrogens with zero attached hydrogens (tertiary/aromatic N) is 2. The number of thioether (sulfide) groups is 1. The van der Waals surface area contributed by atoms with Crippen molar-refractivity contribution in [3.8, 4) is 0 Å². The van der Waals surface area contributed by atoms with E-state index in [9.17, 15) is 4.79 Å². The van der Waals surface area contributed by atoms with E-state index in [0.29, 0.717) is 5.25 Å². The Bertz CT molecular complexity index is 499. The highest BCUT2D eigenvalue weighted by Crippen LogP contribution is 2.40. The molecule has 2 aliphatic rings. The van der Waals surface area contributed by atoms with Gasteiger partial charge >= 0.3 is 0 Å². The lowest BCUT2D eigenvalue weighted by atomic mass is 10.0. The predicted octanol–water partition coefficient (Wildman–Crippen LogP) is 4.19. The summed E-state index contributed by atoms with van der Waals surface area (Å²) in [7, 11) is 0. The molecule has 0 spiro atoms. The minimum Gasteiger partial charge on any atom is -0.336 e. The topological polar surface area (TPSA) is 33.2 Å². The van der Waals surface area contributed by atoms with Crippen LogP contribution in [0.1, 0.15) is 63.5 Å². The van der Waals surface area contributed by atoms with Gasteiger partial charge in [-0.3, -0.25) is 4.79 Å². The maximum atomic E-state index is 11.8. The second kappa shape index (κ2) is 6.82. The van der Waals surface area contributed by atoms with Crippen LogP contribution in [0.3, 0.4) is 0 Å². The Kier molecular flexibility index (Phi) is 4.84. The zero-order chi connectivity index (χ0) is 14.7. The van der Waals surface area contributed by atoms with Gasteiger partial charge in [0, 0.05) is 30.5 Å². The second-order valence-electron chi connectivity index (χ2n) is 6.15. The van der Waals surface area contributed by atoms with Gasteiger partial charge in [-0.05, 0) is 31.7 Å². The van der Waals surface area contributed by atoms with Gasteiger partial charge in [0.1, 0.15) is 5.03 Å². The number of pyridine rings is 1. The van der Waals surface area contributed by atoms with E-state index in [1.54, 1.807) is 6.92 Å². The van der Waals surface area contributed by atoms with Crippen LogP contribution < -0.4 is 0 Å². The Hall–Kier alpha value is -1.03. The minimum atomic E-state index is 0.190. The first-order valence-corrected chi connectivity index (χ1v) is 9.02. The van der Waals surface area contributed by atoms with Gasteiger partial charge in [0.05, 0.1) is 6.04 Å².